The fourth-order valence-corrected chi connectivity index (χ4v) is 4.07. The van der Waals surface area contributed by atoms with E-state index >= 15 is 0 Å². The van der Waals surface area contributed by atoms with Crippen LogP contribution in [0.5, 0.6) is 5.75 Å². The van der Waals surface area contributed by atoms with Crippen molar-refractivity contribution in [2.75, 3.05) is 6.54 Å². The van der Waals surface area contributed by atoms with Crippen LogP contribution in [-0.4, -0.2) is 22.6 Å². The molecule has 1 aromatic carbocycles. The summed E-state index contributed by atoms with van der Waals surface area (Å²) in [6.45, 7) is 3.45. The van der Waals surface area contributed by atoms with Gasteiger partial charge in [0.15, 0.2) is 0 Å². The Hall–Kier alpha value is -1.02. The number of hydrogen-bond donors (Lipinski definition) is 1. The van der Waals surface area contributed by atoms with Crippen LogP contribution < -0.4 is 0 Å². The number of aryl methyl sites for hydroxylation is 1. The number of phenolic OH excluding ortho intramolecular Hbond substituents is 1. The second kappa shape index (κ2) is 5.54. The second-order valence-electron chi connectivity index (χ2n) is 6.06. The average molecular weight is 259 g/mol. The standard InChI is InChI=1S/C17H25NO/c1-2-18(14-6-4-3-5-7-14)17-11-8-13-12-15(19)9-10-16(13)17/h9-10,12,14,17,19H,2-8,11H2,1H3. The van der Waals surface area contributed by atoms with Crippen molar-refractivity contribution in [3.8, 4) is 5.75 Å². The molecule has 0 heterocycles. The molecule has 0 amide bonds. The van der Waals surface area contributed by atoms with Crippen molar-refractivity contribution in [1.82, 2.24) is 4.90 Å². The lowest BCUT2D eigenvalue weighted by atomic mass is 9.92. The van der Waals surface area contributed by atoms with Crippen LogP contribution in [0.15, 0.2) is 18.2 Å². The number of benzene rings is 1. The van der Waals surface area contributed by atoms with E-state index in [0.29, 0.717) is 11.8 Å². The van der Waals surface area contributed by atoms with Gasteiger partial charge in [0.2, 0.25) is 0 Å². The summed E-state index contributed by atoms with van der Waals surface area (Å²) in [5.41, 5.74) is 2.82. The third-order valence-corrected chi connectivity index (χ3v) is 4.98. The smallest absolute Gasteiger partial charge is 0.115 e. The maximum Gasteiger partial charge on any atom is 0.115 e. The average Bonchev–Trinajstić information content (AvgIpc) is 2.84. The quantitative estimate of drug-likeness (QED) is 0.885. The zero-order valence-corrected chi connectivity index (χ0v) is 11.9. The van der Waals surface area contributed by atoms with Gasteiger partial charge in [-0.2, -0.15) is 0 Å². The van der Waals surface area contributed by atoms with Crippen LogP contribution in [0.4, 0.5) is 0 Å². The zero-order chi connectivity index (χ0) is 13.2. The Bertz CT molecular complexity index is 437. The first-order chi connectivity index (χ1) is 9.29. The maximum absolute atomic E-state index is 9.61. The van der Waals surface area contributed by atoms with Crippen LogP contribution in [0.1, 0.15) is 62.6 Å². The molecule has 1 aromatic rings. The Morgan fingerprint density at radius 2 is 1.95 bits per heavy atom. The van der Waals surface area contributed by atoms with E-state index in [0.717, 1.165) is 19.0 Å². The lowest BCUT2D eigenvalue weighted by Gasteiger charge is -2.38. The Morgan fingerprint density at radius 3 is 2.68 bits per heavy atom. The lowest BCUT2D eigenvalue weighted by Crippen LogP contribution is -2.38. The summed E-state index contributed by atoms with van der Waals surface area (Å²) >= 11 is 0. The van der Waals surface area contributed by atoms with Gasteiger partial charge in [-0.15, -0.1) is 0 Å². The number of fused-ring (bicyclic) bond motifs is 1. The van der Waals surface area contributed by atoms with E-state index in [1.165, 1.54) is 49.7 Å². The first-order valence-electron chi connectivity index (χ1n) is 7.87. The van der Waals surface area contributed by atoms with Gasteiger partial charge in [-0.1, -0.05) is 32.3 Å². The van der Waals surface area contributed by atoms with E-state index in [-0.39, 0.29) is 0 Å². The second-order valence-corrected chi connectivity index (χ2v) is 6.06. The Balaban J connectivity index is 1.82. The zero-order valence-electron chi connectivity index (χ0n) is 11.9. The molecule has 19 heavy (non-hydrogen) atoms. The first kappa shape index (κ1) is 13.0. The Labute approximate surface area is 116 Å². The first-order valence-corrected chi connectivity index (χ1v) is 7.87. The monoisotopic (exact) mass is 259 g/mol. The van der Waals surface area contributed by atoms with E-state index in [4.69, 9.17) is 0 Å². The molecule has 0 bridgehead atoms. The number of hydrogen-bond acceptors (Lipinski definition) is 2. The predicted molar refractivity (Wildman–Crippen MR) is 78.4 cm³/mol. The third-order valence-electron chi connectivity index (χ3n) is 4.98. The van der Waals surface area contributed by atoms with Crippen LogP contribution in [0.2, 0.25) is 0 Å². The predicted octanol–water partition coefficient (Wildman–Crippen LogP) is 4.03. The van der Waals surface area contributed by atoms with Gasteiger partial charge in [0.05, 0.1) is 0 Å². The van der Waals surface area contributed by atoms with Crippen molar-refractivity contribution in [2.24, 2.45) is 0 Å². The lowest BCUT2D eigenvalue weighted by molar-refractivity contribution is 0.110. The molecule has 2 heteroatoms. The molecule has 0 aliphatic heterocycles. The van der Waals surface area contributed by atoms with E-state index in [1.807, 2.05) is 12.1 Å². The molecule has 0 saturated heterocycles. The molecular weight excluding hydrogens is 234 g/mol. The van der Waals surface area contributed by atoms with Crippen LogP contribution in [0.25, 0.3) is 0 Å². The Kier molecular flexibility index (Phi) is 3.79. The highest BCUT2D eigenvalue weighted by Gasteiger charge is 2.31. The van der Waals surface area contributed by atoms with Crippen molar-refractivity contribution in [1.29, 1.82) is 0 Å². The van der Waals surface area contributed by atoms with Crippen LogP contribution in [0, 0.1) is 0 Å². The van der Waals surface area contributed by atoms with Crippen LogP contribution in [0.3, 0.4) is 0 Å². The van der Waals surface area contributed by atoms with E-state index in [9.17, 15) is 5.11 Å². The summed E-state index contributed by atoms with van der Waals surface area (Å²) in [5, 5.41) is 9.61. The highest BCUT2D eigenvalue weighted by atomic mass is 16.3. The van der Waals surface area contributed by atoms with Gasteiger partial charge in [-0.3, -0.25) is 4.90 Å². The third kappa shape index (κ3) is 2.51. The minimum absolute atomic E-state index is 0.417. The molecule has 104 valence electrons. The Morgan fingerprint density at radius 1 is 1.16 bits per heavy atom. The molecule has 0 aromatic heterocycles. The molecule has 1 N–H and O–H groups in total. The van der Waals surface area contributed by atoms with Crippen molar-refractivity contribution in [3.63, 3.8) is 0 Å². The highest BCUT2D eigenvalue weighted by Crippen LogP contribution is 2.40. The number of rotatable bonds is 3. The van der Waals surface area contributed by atoms with Crippen molar-refractivity contribution < 1.29 is 5.11 Å². The minimum Gasteiger partial charge on any atom is -0.508 e. The van der Waals surface area contributed by atoms with Crippen molar-refractivity contribution in [3.05, 3.63) is 29.3 Å². The summed E-state index contributed by atoms with van der Waals surface area (Å²) in [4.78, 5) is 2.72. The van der Waals surface area contributed by atoms with Gasteiger partial charge in [-0.05, 0) is 55.5 Å². The fourth-order valence-electron chi connectivity index (χ4n) is 4.07. The van der Waals surface area contributed by atoms with Gasteiger partial charge in [0, 0.05) is 12.1 Å². The molecule has 1 saturated carbocycles. The van der Waals surface area contributed by atoms with Crippen molar-refractivity contribution >= 4 is 0 Å². The summed E-state index contributed by atoms with van der Waals surface area (Å²) in [6, 6.07) is 7.33. The molecule has 1 fully saturated rings. The van der Waals surface area contributed by atoms with Crippen LogP contribution >= 0.6 is 0 Å². The van der Waals surface area contributed by atoms with E-state index in [2.05, 4.69) is 17.9 Å². The molecule has 3 rings (SSSR count). The number of aromatic hydroxyl groups is 1. The van der Waals surface area contributed by atoms with E-state index < -0.39 is 0 Å². The molecule has 1 atom stereocenters. The maximum atomic E-state index is 9.61. The van der Waals surface area contributed by atoms with Gasteiger partial charge in [0.1, 0.15) is 5.75 Å². The molecule has 0 spiro atoms. The topological polar surface area (TPSA) is 23.5 Å². The van der Waals surface area contributed by atoms with Crippen molar-refractivity contribution in [2.45, 2.75) is 64.0 Å². The molecule has 2 nitrogen and oxygen atoms in total. The summed E-state index contributed by atoms with van der Waals surface area (Å²) in [5.74, 6) is 0.417. The largest absolute Gasteiger partial charge is 0.508 e. The molecule has 2 aliphatic carbocycles. The number of phenols is 1. The molecular formula is C17H25NO. The molecule has 1 unspecified atom stereocenters. The van der Waals surface area contributed by atoms with Gasteiger partial charge < -0.3 is 5.11 Å². The van der Waals surface area contributed by atoms with E-state index in [1.54, 1.807) is 0 Å². The van der Waals surface area contributed by atoms with Crippen LogP contribution in [-0.2, 0) is 6.42 Å². The van der Waals surface area contributed by atoms with Gasteiger partial charge in [0.25, 0.3) is 0 Å². The molecule has 0 radical (unpaired) electrons. The number of nitrogens with zero attached hydrogens (tertiary/aromatic N) is 1. The summed E-state index contributed by atoms with van der Waals surface area (Å²) in [6.07, 6.45) is 9.31. The highest BCUT2D eigenvalue weighted by molar-refractivity contribution is 5.40. The summed E-state index contributed by atoms with van der Waals surface area (Å²) < 4.78 is 0. The fraction of sp³-hybridized carbons (Fsp3) is 0.647. The molecule has 2 aliphatic rings. The normalized spacial score (nSPS) is 23.8. The summed E-state index contributed by atoms with van der Waals surface area (Å²) in [7, 11) is 0. The van der Waals surface area contributed by atoms with Gasteiger partial charge >= 0.3 is 0 Å². The van der Waals surface area contributed by atoms with Gasteiger partial charge in [-0.25, -0.2) is 0 Å². The SMILES string of the molecule is CCN(C1CCCCC1)C1CCc2cc(O)ccc21. The minimum atomic E-state index is 0.417.